The molecule has 7 heteroatoms. The quantitative estimate of drug-likeness (QED) is 0.568. The predicted octanol–water partition coefficient (Wildman–Crippen LogP) is 3.08. The minimum atomic E-state index is -0.864. The largest absolute Gasteiger partial charge is 0.481 e. The second-order valence-corrected chi connectivity index (χ2v) is 5.76. The molecular formula is C14H19ClN2O4. The summed E-state index contributed by atoms with van der Waals surface area (Å²) in [5.41, 5.74) is 0.420. The molecule has 0 aromatic heterocycles. The summed E-state index contributed by atoms with van der Waals surface area (Å²) < 4.78 is 0. The number of nitro groups is 1. The zero-order valence-electron chi connectivity index (χ0n) is 12.0. The van der Waals surface area contributed by atoms with Gasteiger partial charge in [-0.2, -0.15) is 0 Å². The Morgan fingerprint density at radius 3 is 2.67 bits per heavy atom. The Bertz CT molecular complexity index is 520. The first-order valence-corrected chi connectivity index (χ1v) is 7.05. The molecule has 1 rings (SSSR count). The second-order valence-electron chi connectivity index (χ2n) is 5.33. The molecule has 1 aromatic carbocycles. The van der Waals surface area contributed by atoms with Crippen LogP contribution in [0.1, 0.15) is 25.8 Å². The van der Waals surface area contributed by atoms with Crippen LogP contribution in [0.5, 0.6) is 0 Å². The van der Waals surface area contributed by atoms with Crippen LogP contribution < -0.4 is 5.32 Å². The minimum absolute atomic E-state index is 0.0253. The molecular weight excluding hydrogens is 296 g/mol. The van der Waals surface area contributed by atoms with Crippen molar-refractivity contribution in [2.24, 2.45) is 11.8 Å². The predicted molar refractivity (Wildman–Crippen MR) is 80.4 cm³/mol. The van der Waals surface area contributed by atoms with E-state index >= 15 is 0 Å². The van der Waals surface area contributed by atoms with E-state index in [-0.39, 0.29) is 24.7 Å². The lowest BCUT2D eigenvalue weighted by Gasteiger charge is -2.15. The summed E-state index contributed by atoms with van der Waals surface area (Å²) in [4.78, 5) is 21.6. The van der Waals surface area contributed by atoms with Crippen molar-refractivity contribution in [3.05, 3.63) is 38.9 Å². The van der Waals surface area contributed by atoms with Crippen LogP contribution in [0.25, 0.3) is 0 Å². The van der Waals surface area contributed by atoms with Crippen molar-refractivity contribution < 1.29 is 14.8 Å². The van der Waals surface area contributed by atoms with Crippen molar-refractivity contribution in [3.8, 4) is 0 Å². The molecule has 0 aliphatic heterocycles. The van der Waals surface area contributed by atoms with E-state index in [1.807, 2.05) is 13.8 Å². The van der Waals surface area contributed by atoms with Crippen LogP contribution in [-0.2, 0) is 11.3 Å². The van der Waals surface area contributed by atoms with E-state index in [2.05, 4.69) is 5.32 Å². The summed E-state index contributed by atoms with van der Waals surface area (Å²) in [6, 6.07) is 4.33. The highest BCUT2D eigenvalue weighted by molar-refractivity contribution is 6.30. The van der Waals surface area contributed by atoms with Gasteiger partial charge in [0.15, 0.2) is 0 Å². The maximum atomic E-state index is 11.1. The molecule has 0 radical (unpaired) electrons. The number of nitrogens with one attached hydrogen (secondary N) is 1. The van der Waals surface area contributed by atoms with Gasteiger partial charge in [-0.05, 0) is 24.5 Å². The van der Waals surface area contributed by atoms with Gasteiger partial charge in [0.1, 0.15) is 0 Å². The number of nitro benzene ring substituents is 1. The number of benzene rings is 1. The molecule has 1 atom stereocenters. The van der Waals surface area contributed by atoms with E-state index < -0.39 is 16.8 Å². The van der Waals surface area contributed by atoms with E-state index in [1.54, 1.807) is 0 Å². The molecule has 0 amide bonds. The zero-order valence-corrected chi connectivity index (χ0v) is 12.8. The third-order valence-electron chi connectivity index (χ3n) is 3.05. The number of aliphatic carboxylic acids is 1. The average Bonchev–Trinajstić information content (AvgIpc) is 2.36. The topological polar surface area (TPSA) is 92.5 Å². The Hall–Kier alpha value is -1.66. The smallest absolute Gasteiger partial charge is 0.307 e. The molecule has 1 unspecified atom stereocenters. The lowest BCUT2D eigenvalue weighted by atomic mass is 9.97. The molecule has 0 saturated heterocycles. The minimum Gasteiger partial charge on any atom is -0.481 e. The molecule has 0 spiro atoms. The normalized spacial score (nSPS) is 12.4. The molecule has 0 saturated carbocycles. The van der Waals surface area contributed by atoms with E-state index in [0.29, 0.717) is 17.0 Å². The van der Waals surface area contributed by atoms with Crippen molar-refractivity contribution in [3.63, 3.8) is 0 Å². The van der Waals surface area contributed by atoms with Gasteiger partial charge in [-0.1, -0.05) is 25.4 Å². The van der Waals surface area contributed by atoms with Crippen molar-refractivity contribution in [2.75, 3.05) is 6.54 Å². The summed E-state index contributed by atoms with van der Waals surface area (Å²) in [5, 5.41) is 23.4. The summed E-state index contributed by atoms with van der Waals surface area (Å²) in [5.74, 6) is -1.10. The number of hydrogen-bond donors (Lipinski definition) is 2. The van der Waals surface area contributed by atoms with Crippen molar-refractivity contribution in [1.29, 1.82) is 0 Å². The molecule has 0 bridgehead atoms. The fourth-order valence-corrected chi connectivity index (χ4v) is 2.29. The summed E-state index contributed by atoms with van der Waals surface area (Å²) >= 11 is 5.84. The lowest BCUT2D eigenvalue weighted by molar-refractivity contribution is -0.385. The average molecular weight is 315 g/mol. The third kappa shape index (κ3) is 5.69. The van der Waals surface area contributed by atoms with E-state index in [0.717, 1.165) is 0 Å². The van der Waals surface area contributed by atoms with E-state index in [9.17, 15) is 14.9 Å². The van der Waals surface area contributed by atoms with Gasteiger partial charge in [0.05, 0.1) is 10.8 Å². The second kappa shape index (κ2) is 7.95. The highest BCUT2D eigenvalue weighted by Crippen LogP contribution is 2.22. The molecule has 116 valence electrons. The molecule has 0 fully saturated rings. The Morgan fingerprint density at radius 2 is 2.14 bits per heavy atom. The molecule has 0 aliphatic rings. The van der Waals surface area contributed by atoms with Crippen LogP contribution in [0.2, 0.25) is 5.02 Å². The number of carboxylic acid groups (broad SMARTS) is 1. The molecule has 21 heavy (non-hydrogen) atoms. The summed E-state index contributed by atoms with van der Waals surface area (Å²) in [7, 11) is 0. The number of carboxylic acids is 1. The maximum absolute atomic E-state index is 11.1. The van der Waals surface area contributed by atoms with Crippen LogP contribution in [-0.4, -0.2) is 22.5 Å². The van der Waals surface area contributed by atoms with Gasteiger partial charge in [0.2, 0.25) is 0 Å². The Morgan fingerprint density at radius 1 is 1.48 bits per heavy atom. The Kier molecular flexibility index (Phi) is 6.58. The molecule has 0 aliphatic carbocycles. The van der Waals surface area contributed by atoms with Crippen LogP contribution in [0.3, 0.4) is 0 Å². The molecule has 2 N–H and O–H groups in total. The Labute approximate surface area is 128 Å². The molecule has 1 aromatic rings. The van der Waals surface area contributed by atoms with Crippen LogP contribution in [0, 0.1) is 22.0 Å². The van der Waals surface area contributed by atoms with Gasteiger partial charge in [0.25, 0.3) is 5.69 Å². The number of rotatable bonds is 8. The zero-order chi connectivity index (χ0) is 16.0. The molecule has 0 heterocycles. The first-order valence-electron chi connectivity index (χ1n) is 6.67. The van der Waals surface area contributed by atoms with Gasteiger partial charge in [-0.25, -0.2) is 0 Å². The van der Waals surface area contributed by atoms with E-state index in [4.69, 9.17) is 16.7 Å². The van der Waals surface area contributed by atoms with Gasteiger partial charge < -0.3 is 10.4 Å². The van der Waals surface area contributed by atoms with Crippen molar-refractivity contribution >= 4 is 23.3 Å². The number of carbonyl (C=O) groups is 1. The number of halogens is 1. The third-order valence-corrected chi connectivity index (χ3v) is 3.28. The van der Waals surface area contributed by atoms with Gasteiger partial charge in [-0.15, -0.1) is 0 Å². The van der Waals surface area contributed by atoms with Crippen molar-refractivity contribution in [2.45, 2.75) is 26.8 Å². The highest BCUT2D eigenvalue weighted by atomic mass is 35.5. The van der Waals surface area contributed by atoms with E-state index in [1.165, 1.54) is 18.2 Å². The monoisotopic (exact) mass is 314 g/mol. The van der Waals surface area contributed by atoms with Gasteiger partial charge in [0, 0.05) is 29.7 Å². The maximum Gasteiger partial charge on any atom is 0.307 e. The SMILES string of the molecule is CC(C)CC(CNCc1cc(Cl)ccc1[N+](=O)[O-])C(=O)O. The Balaban J connectivity index is 2.68. The van der Waals surface area contributed by atoms with Gasteiger partial charge in [-0.3, -0.25) is 14.9 Å². The molecule has 6 nitrogen and oxygen atoms in total. The number of nitrogens with zero attached hydrogens (tertiary/aromatic N) is 1. The fourth-order valence-electron chi connectivity index (χ4n) is 2.10. The summed E-state index contributed by atoms with van der Waals surface area (Å²) in [6.45, 7) is 4.38. The van der Waals surface area contributed by atoms with Crippen molar-refractivity contribution in [1.82, 2.24) is 5.32 Å². The summed E-state index contributed by atoms with van der Waals surface area (Å²) in [6.07, 6.45) is 0.556. The van der Waals surface area contributed by atoms with Crippen LogP contribution in [0.4, 0.5) is 5.69 Å². The van der Waals surface area contributed by atoms with Crippen LogP contribution >= 0.6 is 11.6 Å². The first kappa shape index (κ1) is 17.4. The first-order chi connectivity index (χ1) is 9.81. The number of hydrogen-bond acceptors (Lipinski definition) is 4. The van der Waals surface area contributed by atoms with Gasteiger partial charge >= 0.3 is 5.97 Å². The highest BCUT2D eigenvalue weighted by Gasteiger charge is 2.19. The fraction of sp³-hybridized carbons (Fsp3) is 0.500. The standard InChI is InChI=1S/C14H19ClN2O4/c1-9(2)5-11(14(18)19)8-16-7-10-6-12(15)3-4-13(10)17(20)21/h3-4,6,9,11,16H,5,7-8H2,1-2H3,(H,18,19). The van der Waals surface area contributed by atoms with Crippen LogP contribution in [0.15, 0.2) is 18.2 Å². The lowest BCUT2D eigenvalue weighted by Crippen LogP contribution is -2.29.